The molecule has 0 aliphatic carbocycles. The summed E-state index contributed by atoms with van der Waals surface area (Å²) in [5.41, 5.74) is 2.75. The average molecular weight is 377 g/mol. The van der Waals surface area contributed by atoms with E-state index in [0.717, 1.165) is 21.8 Å². The minimum Gasteiger partial charge on any atom is -0.484 e. The number of aliphatic hydroxyl groups excluding tert-OH is 1. The summed E-state index contributed by atoms with van der Waals surface area (Å²) in [7, 11) is 0. The van der Waals surface area contributed by atoms with Gasteiger partial charge in [0, 0.05) is 23.0 Å². The predicted octanol–water partition coefficient (Wildman–Crippen LogP) is 2.16. The zero-order valence-electron chi connectivity index (χ0n) is 15.0. The quantitative estimate of drug-likeness (QED) is 0.413. The Kier molecular flexibility index (Phi) is 4.82. The van der Waals surface area contributed by atoms with Crippen molar-refractivity contribution in [3.63, 3.8) is 0 Å². The summed E-state index contributed by atoms with van der Waals surface area (Å²) >= 11 is 0. The van der Waals surface area contributed by atoms with Gasteiger partial charge in [0.1, 0.15) is 5.75 Å². The third kappa shape index (κ3) is 3.60. The standard InChI is InChI=1S/C21H19N3O4/c25-8-7-22-20(26)12-28-15-5-6-18-14(9-15)11-19(23-18)16-10-13-3-1-2-4-17(13)24-21(16)27/h1-6,9-11,23,25H,7-8,12H2,(H,22,26)(H,24,27). The van der Waals surface area contributed by atoms with Crippen molar-refractivity contribution in [1.29, 1.82) is 0 Å². The molecule has 0 saturated heterocycles. The Labute approximate surface area is 160 Å². The lowest BCUT2D eigenvalue weighted by Crippen LogP contribution is -2.31. The fraction of sp³-hybridized carbons (Fsp3) is 0.143. The Morgan fingerprint density at radius 1 is 1.00 bits per heavy atom. The first kappa shape index (κ1) is 17.8. The molecule has 2 heterocycles. The number of aromatic nitrogens is 2. The van der Waals surface area contributed by atoms with Gasteiger partial charge in [-0.1, -0.05) is 18.2 Å². The molecule has 0 saturated carbocycles. The number of ether oxygens (including phenoxy) is 1. The van der Waals surface area contributed by atoms with Crippen molar-refractivity contribution in [2.75, 3.05) is 19.8 Å². The number of aromatic amines is 2. The van der Waals surface area contributed by atoms with Crippen LogP contribution in [0.2, 0.25) is 0 Å². The summed E-state index contributed by atoms with van der Waals surface area (Å²) < 4.78 is 5.49. The van der Waals surface area contributed by atoms with Crippen LogP contribution in [0.3, 0.4) is 0 Å². The minimum atomic E-state index is -0.299. The van der Waals surface area contributed by atoms with Gasteiger partial charge < -0.3 is 25.1 Å². The molecule has 2 aromatic carbocycles. The molecule has 0 fully saturated rings. The van der Waals surface area contributed by atoms with Gasteiger partial charge in [0.05, 0.1) is 17.9 Å². The van der Waals surface area contributed by atoms with Crippen LogP contribution in [0.4, 0.5) is 0 Å². The molecule has 28 heavy (non-hydrogen) atoms. The van der Waals surface area contributed by atoms with E-state index in [1.54, 1.807) is 6.07 Å². The predicted molar refractivity (Wildman–Crippen MR) is 107 cm³/mol. The minimum absolute atomic E-state index is 0.113. The molecule has 4 rings (SSSR count). The Morgan fingerprint density at radius 3 is 2.68 bits per heavy atom. The van der Waals surface area contributed by atoms with Gasteiger partial charge in [0.15, 0.2) is 6.61 Å². The van der Waals surface area contributed by atoms with Crippen molar-refractivity contribution in [2.24, 2.45) is 0 Å². The maximum absolute atomic E-state index is 12.5. The summed E-state index contributed by atoms with van der Waals surface area (Å²) in [5.74, 6) is 0.247. The first-order chi connectivity index (χ1) is 13.6. The molecule has 0 bridgehead atoms. The number of rotatable bonds is 6. The van der Waals surface area contributed by atoms with Crippen LogP contribution in [-0.2, 0) is 4.79 Å². The number of para-hydroxylation sites is 1. The van der Waals surface area contributed by atoms with Crippen molar-refractivity contribution in [2.45, 2.75) is 0 Å². The second kappa shape index (κ2) is 7.58. The van der Waals surface area contributed by atoms with Gasteiger partial charge >= 0.3 is 0 Å². The SMILES string of the molecule is O=C(COc1ccc2[nH]c(-c3cc4ccccc4[nH]c3=O)cc2c1)NCCO. The van der Waals surface area contributed by atoms with Crippen LogP contribution in [0.15, 0.2) is 59.4 Å². The summed E-state index contributed by atoms with van der Waals surface area (Å²) in [6.07, 6.45) is 0. The molecule has 7 nitrogen and oxygen atoms in total. The van der Waals surface area contributed by atoms with Crippen molar-refractivity contribution in [3.05, 3.63) is 65.0 Å². The first-order valence-electron chi connectivity index (χ1n) is 8.89. The molecule has 0 spiro atoms. The molecule has 4 aromatic rings. The Hall–Kier alpha value is -3.58. The smallest absolute Gasteiger partial charge is 0.258 e. The number of aliphatic hydroxyl groups is 1. The topological polar surface area (TPSA) is 107 Å². The Bertz CT molecular complexity index is 1210. The lowest BCUT2D eigenvalue weighted by Gasteiger charge is -2.06. The lowest BCUT2D eigenvalue weighted by atomic mass is 10.1. The van der Waals surface area contributed by atoms with Crippen molar-refractivity contribution < 1.29 is 14.6 Å². The van der Waals surface area contributed by atoms with Crippen LogP contribution in [0.25, 0.3) is 33.1 Å². The molecule has 2 aromatic heterocycles. The van der Waals surface area contributed by atoms with Gasteiger partial charge in [-0.3, -0.25) is 9.59 Å². The van der Waals surface area contributed by atoms with Crippen molar-refractivity contribution in [3.8, 4) is 17.0 Å². The molecule has 0 aliphatic heterocycles. The van der Waals surface area contributed by atoms with E-state index in [9.17, 15) is 9.59 Å². The van der Waals surface area contributed by atoms with Gasteiger partial charge in [-0.25, -0.2) is 0 Å². The monoisotopic (exact) mass is 377 g/mol. The highest BCUT2D eigenvalue weighted by atomic mass is 16.5. The van der Waals surface area contributed by atoms with E-state index in [1.807, 2.05) is 48.5 Å². The highest BCUT2D eigenvalue weighted by molar-refractivity contribution is 5.89. The number of nitrogens with one attached hydrogen (secondary N) is 3. The second-order valence-corrected chi connectivity index (χ2v) is 6.39. The Morgan fingerprint density at radius 2 is 1.82 bits per heavy atom. The molecular formula is C21H19N3O4. The average Bonchev–Trinajstić information content (AvgIpc) is 3.13. The molecule has 142 valence electrons. The molecule has 0 unspecified atom stereocenters. The van der Waals surface area contributed by atoms with Crippen LogP contribution in [0.1, 0.15) is 0 Å². The lowest BCUT2D eigenvalue weighted by molar-refractivity contribution is -0.123. The second-order valence-electron chi connectivity index (χ2n) is 6.39. The molecule has 0 aliphatic rings. The zero-order chi connectivity index (χ0) is 19.5. The number of carbonyl (C=O) groups is 1. The van der Waals surface area contributed by atoms with E-state index in [1.165, 1.54) is 0 Å². The number of fused-ring (bicyclic) bond motifs is 2. The van der Waals surface area contributed by atoms with Crippen LogP contribution in [0, 0.1) is 0 Å². The number of pyridine rings is 1. The first-order valence-corrected chi connectivity index (χ1v) is 8.89. The number of benzene rings is 2. The molecule has 1 amide bonds. The summed E-state index contributed by atoms with van der Waals surface area (Å²) in [6.45, 7) is -0.0481. The van der Waals surface area contributed by atoms with Crippen molar-refractivity contribution >= 4 is 27.7 Å². The number of amides is 1. The normalized spacial score (nSPS) is 11.0. The number of H-pyrrole nitrogens is 2. The fourth-order valence-corrected chi connectivity index (χ4v) is 3.09. The van der Waals surface area contributed by atoms with E-state index in [2.05, 4.69) is 15.3 Å². The maximum Gasteiger partial charge on any atom is 0.258 e. The number of hydrogen-bond acceptors (Lipinski definition) is 4. The molecule has 0 atom stereocenters. The molecular weight excluding hydrogens is 358 g/mol. The van der Waals surface area contributed by atoms with Gasteiger partial charge in [0.25, 0.3) is 11.5 Å². The Balaban J connectivity index is 1.61. The summed E-state index contributed by atoms with van der Waals surface area (Å²) in [5, 5.41) is 13.1. The van der Waals surface area contributed by atoms with Crippen LogP contribution in [-0.4, -0.2) is 40.7 Å². The van der Waals surface area contributed by atoms with Crippen LogP contribution in [0.5, 0.6) is 5.75 Å². The van der Waals surface area contributed by atoms with Crippen LogP contribution < -0.4 is 15.6 Å². The summed E-state index contributed by atoms with van der Waals surface area (Å²) in [6, 6.07) is 16.8. The van der Waals surface area contributed by atoms with E-state index < -0.39 is 0 Å². The van der Waals surface area contributed by atoms with Gasteiger partial charge in [-0.2, -0.15) is 0 Å². The zero-order valence-corrected chi connectivity index (χ0v) is 15.0. The van der Waals surface area contributed by atoms with E-state index in [4.69, 9.17) is 9.84 Å². The van der Waals surface area contributed by atoms with Gasteiger partial charge in [-0.15, -0.1) is 0 Å². The summed E-state index contributed by atoms with van der Waals surface area (Å²) in [4.78, 5) is 30.2. The maximum atomic E-state index is 12.5. The van der Waals surface area contributed by atoms with E-state index in [-0.39, 0.29) is 31.2 Å². The molecule has 0 radical (unpaired) electrons. The van der Waals surface area contributed by atoms with E-state index in [0.29, 0.717) is 17.0 Å². The fourth-order valence-electron chi connectivity index (χ4n) is 3.09. The van der Waals surface area contributed by atoms with Gasteiger partial charge in [0.2, 0.25) is 0 Å². The number of hydrogen-bond donors (Lipinski definition) is 4. The van der Waals surface area contributed by atoms with Crippen LogP contribution >= 0.6 is 0 Å². The molecule has 4 N–H and O–H groups in total. The van der Waals surface area contributed by atoms with Crippen molar-refractivity contribution in [1.82, 2.24) is 15.3 Å². The van der Waals surface area contributed by atoms with Gasteiger partial charge in [-0.05, 0) is 41.8 Å². The third-order valence-corrected chi connectivity index (χ3v) is 4.44. The van der Waals surface area contributed by atoms with E-state index >= 15 is 0 Å². The highest BCUT2D eigenvalue weighted by Crippen LogP contribution is 2.26. The molecule has 7 heteroatoms. The highest BCUT2D eigenvalue weighted by Gasteiger charge is 2.10. The largest absolute Gasteiger partial charge is 0.484 e. The third-order valence-electron chi connectivity index (χ3n) is 4.44. The number of carbonyl (C=O) groups excluding carboxylic acids is 1.